The minimum absolute atomic E-state index is 0.475. The lowest BCUT2D eigenvalue weighted by molar-refractivity contribution is 0.563. The molecule has 3 aromatic heterocycles. The third-order valence-electron chi connectivity index (χ3n) is 3.76. The molecule has 4 rings (SSSR count). The molecular weight excluding hydrogens is 272 g/mol. The molecule has 0 aliphatic carbocycles. The van der Waals surface area contributed by atoms with E-state index in [0.717, 1.165) is 34.4 Å². The van der Waals surface area contributed by atoms with Gasteiger partial charge in [0.25, 0.3) is 0 Å². The molecule has 4 heterocycles. The Bertz CT molecular complexity index is 734. The first-order chi connectivity index (χ1) is 9.83. The second-order valence-electron chi connectivity index (χ2n) is 5.14. The molecular formula is C13H14N6S. The van der Waals surface area contributed by atoms with Crippen molar-refractivity contribution in [1.82, 2.24) is 30.1 Å². The lowest BCUT2D eigenvalue weighted by Crippen LogP contribution is -2.08. The highest BCUT2D eigenvalue weighted by Gasteiger charge is 2.28. The predicted octanol–water partition coefficient (Wildman–Crippen LogP) is 1.57. The highest BCUT2D eigenvalue weighted by Crippen LogP contribution is 2.31. The van der Waals surface area contributed by atoms with E-state index in [1.807, 2.05) is 16.6 Å². The van der Waals surface area contributed by atoms with E-state index in [1.165, 1.54) is 0 Å². The standard InChI is InChI=1S/C13H14N6S/c1-8-5-15-7-10(8)12-18-19-11(16-17-13(19)20-12)9-3-2-4-14-6-9/h2-4,6,8,10,15H,5,7H2,1H3. The molecule has 0 radical (unpaired) electrons. The first-order valence-electron chi connectivity index (χ1n) is 6.66. The summed E-state index contributed by atoms with van der Waals surface area (Å²) in [5, 5.41) is 17.7. The van der Waals surface area contributed by atoms with Crippen LogP contribution < -0.4 is 5.32 Å². The van der Waals surface area contributed by atoms with Gasteiger partial charge in [-0.25, -0.2) is 0 Å². The van der Waals surface area contributed by atoms with E-state index in [9.17, 15) is 0 Å². The van der Waals surface area contributed by atoms with E-state index in [-0.39, 0.29) is 0 Å². The van der Waals surface area contributed by atoms with Crippen LogP contribution in [0.5, 0.6) is 0 Å². The molecule has 3 aromatic rings. The Hall–Kier alpha value is -1.86. The number of fused-ring (bicyclic) bond motifs is 1. The molecule has 1 N–H and O–H groups in total. The normalized spacial score (nSPS) is 22.6. The van der Waals surface area contributed by atoms with Crippen LogP contribution in [0.4, 0.5) is 0 Å². The molecule has 0 saturated carbocycles. The van der Waals surface area contributed by atoms with Crippen LogP contribution in [0.2, 0.25) is 0 Å². The Labute approximate surface area is 119 Å². The third-order valence-corrected chi connectivity index (χ3v) is 4.79. The summed E-state index contributed by atoms with van der Waals surface area (Å²) in [5.41, 5.74) is 0.939. The van der Waals surface area contributed by atoms with Gasteiger partial charge < -0.3 is 5.32 Å². The summed E-state index contributed by atoms with van der Waals surface area (Å²) in [5.74, 6) is 1.85. The highest BCUT2D eigenvalue weighted by atomic mass is 32.1. The van der Waals surface area contributed by atoms with Crippen molar-refractivity contribution in [1.29, 1.82) is 0 Å². The summed E-state index contributed by atoms with van der Waals surface area (Å²) in [6.45, 7) is 4.31. The summed E-state index contributed by atoms with van der Waals surface area (Å²) in [6.07, 6.45) is 3.54. The maximum Gasteiger partial charge on any atom is 0.234 e. The number of hydrogen-bond acceptors (Lipinski definition) is 6. The SMILES string of the molecule is CC1CNCC1c1nn2c(-c3cccnc3)nnc2s1. The van der Waals surface area contributed by atoms with E-state index in [0.29, 0.717) is 11.8 Å². The van der Waals surface area contributed by atoms with Gasteiger partial charge in [-0.2, -0.15) is 9.61 Å². The molecule has 7 heteroatoms. The summed E-state index contributed by atoms with van der Waals surface area (Å²) in [4.78, 5) is 4.97. The molecule has 2 atom stereocenters. The molecule has 2 unspecified atom stereocenters. The summed E-state index contributed by atoms with van der Waals surface area (Å²) in [6, 6.07) is 3.87. The van der Waals surface area contributed by atoms with E-state index >= 15 is 0 Å². The third kappa shape index (κ3) is 1.82. The molecule has 102 valence electrons. The fourth-order valence-corrected chi connectivity index (χ4v) is 3.67. The lowest BCUT2D eigenvalue weighted by atomic mass is 9.99. The Morgan fingerprint density at radius 2 is 2.30 bits per heavy atom. The number of nitrogens with zero attached hydrogens (tertiary/aromatic N) is 5. The zero-order valence-electron chi connectivity index (χ0n) is 11.0. The monoisotopic (exact) mass is 286 g/mol. The summed E-state index contributed by atoms with van der Waals surface area (Å²) < 4.78 is 1.84. The Balaban J connectivity index is 1.79. The van der Waals surface area contributed by atoms with E-state index in [4.69, 9.17) is 5.10 Å². The van der Waals surface area contributed by atoms with Crippen LogP contribution in [0, 0.1) is 5.92 Å². The van der Waals surface area contributed by atoms with Gasteiger partial charge in [-0.15, -0.1) is 10.2 Å². The minimum Gasteiger partial charge on any atom is -0.316 e. The zero-order chi connectivity index (χ0) is 13.5. The molecule has 0 spiro atoms. The van der Waals surface area contributed by atoms with Crippen molar-refractivity contribution in [2.45, 2.75) is 12.8 Å². The predicted molar refractivity (Wildman–Crippen MR) is 76.7 cm³/mol. The Kier molecular flexibility index (Phi) is 2.75. The van der Waals surface area contributed by atoms with Crippen LogP contribution in [0.15, 0.2) is 24.5 Å². The van der Waals surface area contributed by atoms with E-state index in [1.54, 1.807) is 23.7 Å². The van der Waals surface area contributed by atoms with Crippen molar-refractivity contribution in [3.8, 4) is 11.4 Å². The lowest BCUT2D eigenvalue weighted by Gasteiger charge is -2.08. The van der Waals surface area contributed by atoms with Gasteiger partial charge in [-0.05, 0) is 24.6 Å². The van der Waals surface area contributed by atoms with Crippen LogP contribution in [0.1, 0.15) is 17.8 Å². The van der Waals surface area contributed by atoms with E-state index < -0.39 is 0 Å². The highest BCUT2D eigenvalue weighted by molar-refractivity contribution is 7.16. The van der Waals surface area contributed by atoms with Crippen LogP contribution in [-0.4, -0.2) is 37.9 Å². The van der Waals surface area contributed by atoms with Crippen LogP contribution in [-0.2, 0) is 0 Å². The molecule has 6 nitrogen and oxygen atoms in total. The fourth-order valence-electron chi connectivity index (χ4n) is 2.60. The number of nitrogens with one attached hydrogen (secondary N) is 1. The Morgan fingerprint density at radius 3 is 3.05 bits per heavy atom. The smallest absolute Gasteiger partial charge is 0.234 e. The van der Waals surface area contributed by atoms with Gasteiger partial charge in [0, 0.05) is 30.4 Å². The first kappa shape index (κ1) is 11.9. The largest absolute Gasteiger partial charge is 0.316 e. The maximum absolute atomic E-state index is 4.72. The van der Waals surface area contributed by atoms with Crippen LogP contribution in [0.25, 0.3) is 16.3 Å². The van der Waals surface area contributed by atoms with E-state index in [2.05, 4.69) is 27.4 Å². The van der Waals surface area contributed by atoms with Crippen molar-refractivity contribution in [2.24, 2.45) is 5.92 Å². The second kappa shape index (κ2) is 4.60. The molecule has 1 fully saturated rings. The average molecular weight is 286 g/mol. The number of aromatic nitrogens is 5. The molecule has 0 bridgehead atoms. The summed E-state index contributed by atoms with van der Waals surface area (Å²) in [7, 11) is 0. The maximum atomic E-state index is 4.72. The van der Waals surface area contributed by atoms with Gasteiger partial charge in [-0.1, -0.05) is 18.3 Å². The first-order valence-corrected chi connectivity index (χ1v) is 7.48. The minimum atomic E-state index is 0.475. The van der Waals surface area contributed by atoms with Crippen molar-refractivity contribution < 1.29 is 0 Å². The molecule has 1 saturated heterocycles. The molecule has 20 heavy (non-hydrogen) atoms. The Morgan fingerprint density at radius 1 is 1.35 bits per heavy atom. The number of rotatable bonds is 2. The average Bonchev–Trinajstić information content (AvgIpc) is 3.13. The number of hydrogen-bond donors (Lipinski definition) is 1. The van der Waals surface area contributed by atoms with Crippen LogP contribution >= 0.6 is 11.3 Å². The zero-order valence-corrected chi connectivity index (χ0v) is 11.8. The van der Waals surface area contributed by atoms with Gasteiger partial charge >= 0.3 is 0 Å². The van der Waals surface area contributed by atoms with Crippen molar-refractivity contribution in [3.63, 3.8) is 0 Å². The van der Waals surface area contributed by atoms with Gasteiger partial charge in [0.1, 0.15) is 5.01 Å². The van der Waals surface area contributed by atoms with Gasteiger partial charge in [0.15, 0.2) is 5.82 Å². The molecule has 1 aliphatic rings. The van der Waals surface area contributed by atoms with Gasteiger partial charge in [0.05, 0.1) is 0 Å². The summed E-state index contributed by atoms with van der Waals surface area (Å²) >= 11 is 1.63. The molecule has 1 aliphatic heterocycles. The fraction of sp³-hybridized carbons (Fsp3) is 0.385. The number of pyridine rings is 1. The molecule has 0 aromatic carbocycles. The quantitative estimate of drug-likeness (QED) is 0.774. The van der Waals surface area contributed by atoms with Gasteiger partial charge in [0.2, 0.25) is 4.96 Å². The van der Waals surface area contributed by atoms with Crippen LogP contribution in [0.3, 0.4) is 0 Å². The second-order valence-corrected chi connectivity index (χ2v) is 6.13. The molecule has 0 amide bonds. The topological polar surface area (TPSA) is 68.0 Å². The van der Waals surface area contributed by atoms with Crippen molar-refractivity contribution in [3.05, 3.63) is 29.5 Å². The van der Waals surface area contributed by atoms with Crippen molar-refractivity contribution >= 4 is 16.3 Å². The van der Waals surface area contributed by atoms with Gasteiger partial charge in [-0.3, -0.25) is 4.98 Å². The van der Waals surface area contributed by atoms with Crippen molar-refractivity contribution in [2.75, 3.05) is 13.1 Å².